The largest absolute Gasteiger partial charge is 0.354 e. The quantitative estimate of drug-likeness (QED) is 0.373. The molecule has 0 unspecified atom stereocenters. The van der Waals surface area contributed by atoms with Crippen molar-refractivity contribution in [3.63, 3.8) is 0 Å². The highest BCUT2D eigenvalue weighted by molar-refractivity contribution is 5.92. The zero-order valence-electron chi connectivity index (χ0n) is 18.8. The normalized spacial score (nSPS) is 11.4. The number of carbonyl (C=O) groups is 1. The molecule has 1 aromatic rings. The van der Waals surface area contributed by atoms with Crippen LogP contribution in [0.25, 0.3) is 0 Å². The van der Waals surface area contributed by atoms with Gasteiger partial charge in [-0.1, -0.05) is 52.7 Å². The number of hydrogen-bond acceptors (Lipinski definition) is 3. The van der Waals surface area contributed by atoms with Crippen LogP contribution in [0, 0.1) is 5.41 Å². The van der Waals surface area contributed by atoms with E-state index in [1.54, 1.807) is 0 Å². The first-order valence-corrected chi connectivity index (χ1v) is 9.62. The third kappa shape index (κ3) is 7.86. The van der Waals surface area contributed by atoms with Crippen molar-refractivity contribution < 1.29 is 4.79 Å². The van der Waals surface area contributed by atoms with E-state index in [9.17, 15) is 4.79 Å². The first-order chi connectivity index (χ1) is 13.3. The summed E-state index contributed by atoms with van der Waals surface area (Å²) in [5, 5.41) is 6.19. The number of carbonyl (C=O) groups excluding carboxylic acids is 1. The number of nitrogens with zero attached hydrogens (tertiary/aromatic N) is 1. The molecule has 156 valence electrons. The van der Waals surface area contributed by atoms with Crippen LogP contribution in [-0.4, -0.2) is 17.9 Å². The van der Waals surface area contributed by atoms with E-state index in [2.05, 4.69) is 57.7 Å². The number of nitrogens with one attached hydrogen (secondary N) is 2. The Kier molecular flexibility index (Phi) is 8.26. The monoisotopic (exact) mass is 393 g/mol. The summed E-state index contributed by atoms with van der Waals surface area (Å²) < 4.78 is 0. The second kappa shape index (κ2) is 9.97. The molecule has 0 atom stereocenters. The number of benzene rings is 1. The molecule has 0 fully saturated rings. The van der Waals surface area contributed by atoms with Crippen molar-refractivity contribution in [1.82, 2.24) is 4.90 Å². The van der Waals surface area contributed by atoms with E-state index in [4.69, 9.17) is 0 Å². The molecule has 0 aromatic heterocycles. The molecule has 4 nitrogen and oxygen atoms in total. The smallest absolute Gasteiger partial charge is 0.228 e. The van der Waals surface area contributed by atoms with Crippen LogP contribution in [0.2, 0.25) is 0 Å². The van der Waals surface area contributed by atoms with Gasteiger partial charge in [0.2, 0.25) is 5.91 Å². The van der Waals surface area contributed by atoms with Crippen molar-refractivity contribution in [3.05, 3.63) is 84.9 Å². The van der Waals surface area contributed by atoms with Crippen LogP contribution in [0.5, 0.6) is 0 Å². The van der Waals surface area contributed by atoms with Crippen molar-refractivity contribution in [3.8, 4) is 0 Å². The molecule has 0 saturated heterocycles. The van der Waals surface area contributed by atoms with Crippen molar-refractivity contribution in [1.29, 1.82) is 0 Å². The average molecular weight is 394 g/mol. The maximum Gasteiger partial charge on any atom is 0.228 e. The lowest BCUT2D eigenvalue weighted by Gasteiger charge is -2.28. The molecule has 29 heavy (non-hydrogen) atoms. The van der Waals surface area contributed by atoms with Gasteiger partial charge in [0.05, 0.1) is 11.4 Å². The van der Waals surface area contributed by atoms with Crippen molar-refractivity contribution in [2.24, 2.45) is 5.41 Å². The molecule has 0 aliphatic heterocycles. The van der Waals surface area contributed by atoms with Crippen LogP contribution in [0.3, 0.4) is 0 Å². The zero-order valence-corrected chi connectivity index (χ0v) is 18.8. The fraction of sp³-hybridized carbons (Fsp3) is 0.320. The predicted molar refractivity (Wildman–Crippen MR) is 127 cm³/mol. The number of anilines is 2. The lowest BCUT2D eigenvalue weighted by atomic mass is 9.87. The topological polar surface area (TPSA) is 44.4 Å². The Morgan fingerprint density at radius 3 is 1.90 bits per heavy atom. The van der Waals surface area contributed by atoms with Crippen LogP contribution in [-0.2, 0) is 4.79 Å². The summed E-state index contributed by atoms with van der Waals surface area (Å²) in [6, 6.07) is 7.51. The minimum Gasteiger partial charge on any atom is -0.354 e. The van der Waals surface area contributed by atoms with Gasteiger partial charge in [-0.2, -0.15) is 0 Å². The molecule has 0 radical (unpaired) electrons. The first-order valence-electron chi connectivity index (χ1n) is 9.62. The third-order valence-corrected chi connectivity index (χ3v) is 4.44. The zero-order chi connectivity index (χ0) is 22.4. The molecular weight excluding hydrogens is 358 g/mol. The molecule has 4 heteroatoms. The average Bonchev–Trinajstić information content (AvgIpc) is 2.58. The van der Waals surface area contributed by atoms with E-state index in [0.29, 0.717) is 6.42 Å². The molecule has 0 bridgehead atoms. The van der Waals surface area contributed by atoms with Gasteiger partial charge in [-0.25, -0.2) is 0 Å². The van der Waals surface area contributed by atoms with Gasteiger partial charge in [0.1, 0.15) is 0 Å². The number of rotatable bonds is 9. The number of likely N-dealkylation sites (N-methyl/N-ethyl adjacent to an activating group) is 1. The van der Waals surface area contributed by atoms with E-state index in [1.165, 1.54) is 0 Å². The third-order valence-electron chi connectivity index (χ3n) is 4.44. The highest BCUT2D eigenvalue weighted by Gasteiger charge is 2.17. The van der Waals surface area contributed by atoms with Gasteiger partial charge in [0.15, 0.2) is 0 Å². The summed E-state index contributed by atoms with van der Waals surface area (Å²) >= 11 is 0. The number of hydrogen-bond donors (Lipinski definition) is 2. The maximum atomic E-state index is 11.9. The molecule has 2 N–H and O–H groups in total. The molecule has 1 rings (SSSR count). The molecule has 0 aliphatic carbocycles. The maximum absolute atomic E-state index is 11.9. The number of amides is 1. The second-order valence-corrected chi connectivity index (χ2v) is 8.46. The van der Waals surface area contributed by atoms with Crippen LogP contribution in [0.1, 0.15) is 41.0 Å². The van der Waals surface area contributed by atoms with Crippen LogP contribution in [0.15, 0.2) is 84.9 Å². The minimum atomic E-state index is -0.0726. The number of allylic oxidation sites excluding steroid dienone is 3. The Morgan fingerprint density at radius 2 is 1.48 bits per heavy atom. The lowest BCUT2D eigenvalue weighted by Crippen LogP contribution is -2.20. The Bertz CT molecular complexity index is 836. The standard InChI is InChI=1S/C25H35N3O/c1-17(2)15-24(29)27-22-13-11-21(12-14-22)26-20(6)23(28(10)18(3)4)16-19(5)25(7,8)9/h11-14,16,26H,1,3,5-6,15H2,2,4,7-10H3,(H,27,29)/b23-16-. The van der Waals surface area contributed by atoms with E-state index >= 15 is 0 Å². The van der Waals surface area contributed by atoms with E-state index in [0.717, 1.165) is 39.6 Å². The Morgan fingerprint density at radius 1 is 1.00 bits per heavy atom. The van der Waals surface area contributed by atoms with Gasteiger partial charge < -0.3 is 15.5 Å². The first kappa shape index (κ1) is 24.0. The summed E-state index contributed by atoms with van der Waals surface area (Å²) in [7, 11) is 1.96. The summed E-state index contributed by atoms with van der Waals surface area (Å²) in [4.78, 5) is 13.9. The van der Waals surface area contributed by atoms with Crippen molar-refractivity contribution in [2.45, 2.75) is 41.0 Å². The Balaban J connectivity index is 2.98. The summed E-state index contributed by atoms with van der Waals surface area (Å²) in [5.74, 6) is -0.0726. The van der Waals surface area contributed by atoms with Crippen molar-refractivity contribution in [2.75, 3.05) is 17.7 Å². The molecule has 0 heterocycles. The predicted octanol–water partition coefficient (Wildman–Crippen LogP) is 6.47. The fourth-order valence-corrected chi connectivity index (χ4v) is 2.33. The van der Waals surface area contributed by atoms with Gasteiger partial charge >= 0.3 is 0 Å². The van der Waals surface area contributed by atoms with Gasteiger partial charge in [0.25, 0.3) is 0 Å². The van der Waals surface area contributed by atoms with Gasteiger partial charge in [0, 0.05) is 30.5 Å². The Labute approximate surface area is 176 Å². The lowest BCUT2D eigenvalue weighted by molar-refractivity contribution is -0.115. The van der Waals surface area contributed by atoms with E-state index < -0.39 is 0 Å². The molecule has 1 aromatic carbocycles. The summed E-state index contributed by atoms with van der Waals surface area (Å²) in [5.41, 5.74) is 5.92. The highest BCUT2D eigenvalue weighted by atomic mass is 16.1. The fourth-order valence-electron chi connectivity index (χ4n) is 2.33. The van der Waals surface area contributed by atoms with Crippen molar-refractivity contribution >= 4 is 17.3 Å². The molecular formula is C25H35N3O. The van der Waals surface area contributed by atoms with Crippen LogP contribution >= 0.6 is 0 Å². The Hall–Kier alpha value is -3.01. The van der Waals surface area contributed by atoms with Gasteiger partial charge in [-0.05, 0) is 55.2 Å². The summed E-state index contributed by atoms with van der Waals surface area (Å²) in [6.07, 6.45) is 2.35. The molecule has 0 saturated carbocycles. The van der Waals surface area contributed by atoms with Gasteiger partial charge in [-0.3, -0.25) is 4.79 Å². The van der Waals surface area contributed by atoms with Gasteiger partial charge in [-0.15, -0.1) is 0 Å². The molecule has 0 spiro atoms. The van der Waals surface area contributed by atoms with Crippen LogP contribution in [0.4, 0.5) is 11.4 Å². The van der Waals surface area contributed by atoms with Crippen LogP contribution < -0.4 is 10.6 Å². The second-order valence-electron chi connectivity index (χ2n) is 8.46. The molecule has 0 aliphatic rings. The minimum absolute atomic E-state index is 0.0505. The SMILES string of the molecule is C=C(C)CC(=O)Nc1ccc(NC(=C)/C(=C/C(=C)C(C)(C)C)N(C)C(=C)C)cc1. The van der Waals surface area contributed by atoms with E-state index in [1.807, 2.05) is 56.1 Å². The molecule has 1 amide bonds. The van der Waals surface area contributed by atoms with E-state index in [-0.39, 0.29) is 11.3 Å². The summed E-state index contributed by atoms with van der Waals surface area (Å²) in [6.45, 7) is 26.4. The highest BCUT2D eigenvalue weighted by Crippen LogP contribution is 2.29.